The van der Waals surface area contributed by atoms with Gasteiger partial charge in [-0.05, 0) is 19.1 Å². The van der Waals surface area contributed by atoms with Crippen molar-refractivity contribution in [3.8, 4) is 0 Å². The highest BCUT2D eigenvalue weighted by molar-refractivity contribution is 8.01. The van der Waals surface area contributed by atoms with Crippen LogP contribution in [-0.4, -0.2) is 19.6 Å². The van der Waals surface area contributed by atoms with Crippen molar-refractivity contribution in [2.24, 2.45) is 0 Å². The Morgan fingerprint density at radius 1 is 1.10 bits per heavy atom. The zero-order valence-corrected chi connectivity index (χ0v) is 12.9. The summed E-state index contributed by atoms with van der Waals surface area (Å²) in [6.07, 6.45) is 0. The van der Waals surface area contributed by atoms with Crippen LogP contribution in [0.5, 0.6) is 0 Å². The van der Waals surface area contributed by atoms with Gasteiger partial charge in [0.2, 0.25) is 4.93 Å². The Morgan fingerprint density at radius 2 is 1.76 bits per heavy atom. The average molecular weight is 299 g/mol. The van der Waals surface area contributed by atoms with Gasteiger partial charge in [0.25, 0.3) is 5.91 Å². The number of rotatable bonds is 3. The Labute approximate surface area is 128 Å². The fraction of sp³-hybridized carbons (Fsp3) is 0.235. The Morgan fingerprint density at radius 3 is 2.48 bits per heavy atom. The molecule has 1 aliphatic heterocycles. The van der Waals surface area contributed by atoms with E-state index in [9.17, 15) is 4.79 Å². The SMILES string of the molecule is CCOC1(c2ccccc2)Sc2ccccc2N(C)C1=O. The second-order valence-corrected chi connectivity index (χ2v) is 6.07. The molecule has 1 heterocycles. The molecule has 2 aromatic rings. The van der Waals surface area contributed by atoms with E-state index in [1.165, 1.54) is 11.8 Å². The van der Waals surface area contributed by atoms with Crippen LogP contribution in [0.3, 0.4) is 0 Å². The quantitative estimate of drug-likeness (QED) is 0.866. The molecule has 2 aromatic carbocycles. The summed E-state index contributed by atoms with van der Waals surface area (Å²) in [7, 11) is 1.80. The second kappa shape index (κ2) is 5.54. The predicted molar refractivity (Wildman–Crippen MR) is 85.5 cm³/mol. The van der Waals surface area contributed by atoms with E-state index in [1.54, 1.807) is 11.9 Å². The molecule has 0 N–H and O–H groups in total. The van der Waals surface area contributed by atoms with Crippen molar-refractivity contribution in [3.63, 3.8) is 0 Å². The molecule has 21 heavy (non-hydrogen) atoms. The van der Waals surface area contributed by atoms with Crippen LogP contribution in [0.25, 0.3) is 0 Å². The maximum Gasteiger partial charge on any atom is 0.274 e. The van der Waals surface area contributed by atoms with Gasteiger partial charge in [-0.15, -0.1) is 0 Å². The standard InChI is InChI=1S/C17H17NO2S/c1-3-20-17(13-9-5-4-6-10-13)16(19)18(2)14-11-7-8-12-15(14)21-17/h4-12H,3H2,1-2H3. The summed E-state index contributed by atoms with van der Waals surface area (Å²) in [6.45, 7) is 2.39. The van der Waals surface area contributed by atoms with Crippen molar-refractivity contribution < 1.29 is 9.53 Å². The summed E-state index contributed by atoms with van der Waals surface area (Å²) < 4.78 is 5.97. The van der Waals surface area contributed by atoms with Crippen LogP contribution >= 0.6 is 11.8 Å². The largest absolute Gasteiger partial charge is 0.351 e. The Bertz CT molecular complexity index is 659. The van der Waals surface area contributed by atoms with Gasteiger partial charge in [0.1, 0.15) is 0 Å². The topological polar surface area (TPSA) is 29.5 Å². The molecular formula is C17H17NO2S. The van der Waals surface area contributed by atoms with Gasteiger partial charge in [0.15, 0.2) is 0 Å². The summed E-state index contributed by atoms with van der Waals surface area (Å²) in [5.41, 5.74) is 1.81. The Hall–Kier alpha value is -1.78. The number of nitrogens with zero attached hydrogens (tertiary/aromatic N) is 1. The van der Waals surface area contributed by atoms with Gasteiger partial charge in [-0.3, -0.25) is 4.79 Å². The van der Waals surface area contributed by atoms with Gasteiger partial charge in [-0.2, -0.15) is 0 Å². The molecule has 1 amide bonds. The first-order valence-electron chi connectivity index (χ1n) is 6.94. The number of hydrogen-bond donors (Lipinski definition) is 0. The highest BCUT2D eigenvalue weighted by atomic mass is 32.2. The summed E-state index contributed by atoms with van der Waals surface area (Å²) in [4.78, 5) is 14.7. The first-order valence-corrected chi connectivity index (χ1v) is 7.76. The molecule has 3 rings (SSSR count). The zero-order chi connectivity index (χ0) is 14.9. The van der Waals surface area contributed by atoms with E-state index in [2.05, 4.69) is 0 Å². The third-order valence-electron chi connectivity index (χ3n) is 3.57. The van der Waals surface area contributed by atoms with E-state index >= 15 is 0 Å². The lowest BCUT2D eigenvalue weighted by Gasteiger charge is -2.40. The minimum atomic E-state index is -1.00. The normalized spacial score (nSPS) is 21.2. The molecule has 0 saturated carbocycles. The molecule has 108 valence electrons. The number of carbonyl (C=O) groups is 1. The molecule has 3 nitrogen and oxygen atoms in total. The number of benzene rings is 2. The van der Waals surface area contributed by atoms with Gasteiger partial charge < -0.3 is 9.64 Å². The minimum absolute atomic E-state index is 0.0424. The van der Waals surface area contributed by atoms with E-state index in [0.717, 1.165) is 16.1 Å². The summed E-state index contributed by atoms with van der Waals surface area (Å²) in [5.74, 6) is -0.0424. The molecule has 1 atom stereocenters. The molecule has 1 unspecified atom stereocenters. The molecule has 0 spiro atoms. The first-order chi connectivity index (χ1) is 10.2. The van der Waals surface area contributed by atoms with Crippen LogP contribution in [-0.2, 0) is 14.5 Å². The maximum atomic E-state index is 13.0. The molecule has 1 aliphatic rings. The number of likely N-dealkylation sites (N-methyl/N-ethyl adjacent to an activating group) is 1. The third-order valence-corrected chi connectivity index (χ3v) is 4.95. The van der Waals surface area contributed by atoms with Crippen molar-refractivity contribution in [3.05, 3.63) is 60.2 Å². The van der Waals surface area contributed by atoms with Crippen molar-refractivity contribution in [1.29, 1.82) is 0 Å². The molecule has 0 aliphatic carbocycles. The van der Waals surface area contributed by atoms with E-state index in [0.29, 0.717) is 6.61 Å². The van der Waals surface area contributed by atoms with Gasteiger partial charge in [0.05, 0.1) is 5.69 Å². The molecule has 0 radical (unpaired) electrons. The van der Waals surface area contributed by atoms with Gasteiger partial charge in [-0.1, -0.05) is 54.2 Å². The van der Waals surface area contributed by atoms with Crippen LogP contribution in [0.4, 0.5) is 5.69 Å². The molecular weight excluding hydrogens is 282 g/mol. The van der Waals surface area contributed by atoms with E-state index < -0.39 is 4.93 Å². The number of hydrogen-bond acceptors (Lipinski definition) is 3. The van der Waals surface area contributed by atoms with Gasteiger partial charge in [0, 0.05) is 24.1 Å². The molecule has 0 fully saturated rings. The highest BCUT2D eigenvalue weighted by Crippen LogP contribution is 2.50. The van der Waals surface area contributed by atoms with Crippen LogP contribution in [0.1, 0.15) is 12.5 Å². The van der Waals surface area contributed by atoms with Crippen LogP contribution in [0.15, 0.2) is 59.5 Å². The lowest BCUT2D eigenvalue weighted by molar-refractivity contribution is -0.133. The number of amides is 1. The average Bonchev–Trinajstić information content (AvgIpc) is 2.53. The summed E-state index contributed by atoms with van der Waals surface area (Å²) >= 11 is 1.48. The fourth-order valence-electron chi connectivity index (χ4n) is 2.57. The van der Waals surface area contributed by atoms with Crippen molar-refractivity contribution >= 4 is 23.4 Å². The molecule has 0 aromatic heterocycles. The second-order valence-electron chi connectivity index (χ2n) is 4.85. The predicted octanol–water partition coefficient (Wildman–Crippen LogP) is 3.64. The maximum absolute atomic E-state index is 13.0. The smallest absolute Gasteiger partial charge is 0.274 e. The van der Waals surface area contributed by atoms with Crippen molar-refractivity contribution in [2.75, 3.05) is 18.6 Å². The van der Waals surface area contributed by atoms with Crippen LogP contribution < -0.4 is 4.90 Å². The number of ether oxygens (including phenoxy) is 1. The molecule has 0 saturated heterocycles. The van der Waals surface area contributed by atoms with Gasteiger partial charge >= 0.3 is 0 Å². The number of thioether (sulfide) groups is 1. The minimum Gasteiger partial charge on any atom is -0.351 e. The monoisotopic (exact) mass is 299 g/mol. The Balaban J connectivity index is 2.16. The Kier molecular flexibility index (Phi) is 3.74. The number of carbonyl (C=O) groups excluding carboxylic acids is 1. The van der Waals surface area contributed by atoms with Crippen LogP contribution in [0, 0.1) is 0 Å². The van der Waals surface area contributed by atoms with E-state index in [4.69, 9.17) is 4.74 Å². The zero-order valence-electron chi connectivity index (χ0n) is 12.1. The van der Waals surface area contributed by atoms with E-state index in [1.807, 2.05) is 61.5 Å². The van der Waals surface area contributed by atoms with Gasteiger partial charge in [-0.25, -0.2) is 0 Å². The number of fused-ring (bicyclic) bond motifs is 1. The van der Waals surface area contributed by atoms with E-state index in [-0.39, 0.29) is 5.91 Å². The first kappa shape index (κ1) is 14.2. The van der Waals surface area contributed by atoms with Crippen LogP contribution in [0.2, 0.25) is 0 Å². The van der Waals surface area contributed by atoms with Crippen molar-refractivity contribution in [2.45, 2.75) is 16.8 Å². The van der Waals surface area contributed by atoms with Crippen molar-refractivity contribution in [1.82, 2.24) is 0 Å². The highest BCUT2D eigenvalue weighted by Gasteiger charge is 2.48. The fourth-order valence-corrected chi connectivity index (χ4v) is 3.99. The molecule has 4 heteroatoms. The summed E-state index contributed by atoms with van der Waals surface area (Å²) in [5, 5.41) is 0. The lowest BCUT2D eigenvalue weighted by Crippen LogP contribution is -2.48. The molecule has 0 bridgehead atoms. The number of para-hydroxylation sites is 1. The number of anilines is 1. The third kappa shape index (κ3) is 2.24. The summed E-state index contributed by atoms with van der Waals surface area (Å²) in [6, 6.07) is 17.6. The lowest BCUT2D eigenvalue weighted by atomic mass is 10.1.